The summed E-state index contributed by atoms with van der Waals surface area (Å²) in [5.41, 5.74) is 1.23. The summed E-state index contributed by atoms with van der Waals surface area (Å²) >= 11 is 0. The number of guanidine groups is 2. The fourth-order valence-corrected chi connectivity index (χ4v) is 6.89. The number of halogens is 1. The average molecular weight is 930 g/mol. The number of aliphatic imine (C=N–C) groups is 2. The van der Waals surface area contributed by atoms with Gasteiger partial charge >= 0.3 is 24.4 Å². The summed E-state index contributed by atoms with van der Waals surface area (Å²) in [6, 6.07) is 12.5. The van der Waals surface area contributed by atoms with Crippen LogP contribution in [0.4, 0.5) is 23.6 Å². The number of alkyl carbamates (subject to hydrolysis) is 2. The topological polar surface area (TPSA) is 211 Å². The number of hydrogen-bond donors (Lipinski definition) is 3. The molecule has 2 aromatic carbocycles. The van der Waals surface area contributed by atoms with Crippen LogP contribution in [-0.2, 0) is 25.5 Å². The standard InChI is InChI=1S/C48H64FN9O9/c1-45(2,3)64-41(60)50-39(51-42(61)65-46(4,5)6)56-23-19-31(20-24-56)30-13-15-33(16-14-30)37-54-55-38(58(37)27-28-59)35-18-17-34(29-36(35)49)32-21-25-57(26-22-32)40(52-43(62)66-47(7,8)9)53-44(63)67-48(10,11)12/h13-19,21,29,59H,20,22-28H2,1-12H3,(H,50,51,60,61)(H,52,53,62,63). The van der Waals surface area contributed by atoms with Crippen molar-refractivity contribution in [3.05, 3.63) is 71.6 Å². The number of nitrogens with one attached hydrogen (secondary N) is 2. The first-order valence-electron chi connectivity index (χ1n) is 22.1. The highest BCUT2D eigenvalue weighted by atomic mass is 19.1. The minimum atomic E-state index is -0.872. The Bertz CT molecular complexity index is 2430. The maximum atomic E-state index is 16.1. The fraction of sp³-hybridized carbons (Fsp3) is 0.500. The molecule has 1 aromatic heterocycles. The first-order chi connectivity index (χ1) is 31.2. The van der Waals surface area contributed by atoms with Crippen molar-refractivity contribution in [3.8, 4) is 22.8 Å². The molecule has 0 saturated heterocycles. The van der Waals surface area contributed by atoms with E-state index in [1.54, 1.807) is 110 Å². The van der Waals surface area contributed by atoms with Crippen LogP contribution >= 0.6 is 0 Å². The van der Waals surface area contributed by atoms with Gasteiger partial charge in [-0.15, -0.1) is 20.2 Å². The molecule has 5 rings (SSSR count). The van der Waals surface area contributed by atoms with Gasteiger partial charge in [0.2, 0.25) is 11.9 Å². The maximum Gasteiger partial charge on any atom is 0.437 e. The highest BCUT2D eigenvalue weighted by Crippen LogP contribution is 2.32. The molecule has 4 amide bonds. The molecule has 362 valence electrons. The molecule has 0 radical (unpaired) electrons. The minimum absolute atomic E-state index is 0.0190. The quantitative estimate of drug-likeness (QED) is 0.120. The number of rotatable bonds is 6. The predicted octanol–water partition coefficient (Wildman–Crippen LogP) is 8.55. The second-order valence-electron chi connectivity index (χ2n) is 19.9. The monoisotopic (exact) mass is 929 g/mol. The number of carbonyl (C=O) groups is 4. The van der Waals surface area contributed by atoms with Gasteiger partial charge in [-0.05, 0) is 130 Å². The summed E-state index contributed by atoms with van der Waals surface area (Å²) in [4.78, 5) is 62.3. The molecular formula is C48H64FN9O9. The van der Waals surface area contributed by atoms with Crippen molar-refractivity contribution in [3.63, 3.8) is 0 Å². The third-order valence-electron chi connectivity index (χ3n) is 9.59. The number of nitrogens with zero attached hydrogens (tertiary/aromatic N) is 7. The Labute approximate surface area is 391 Å². The summed E-state index contributed by atoms with van der Waals surface area (Å²) in [6.07, 6.45) is 1.61. The lowest BCUT2D eigenvalue weighted by atomic mass is 9.98. The number of hydrogen-bond acceptors (Lipinski definition) is 11. The Kier molecular flexibility index (Phi) is 16.0. The van der Waals surface area contributed by atoms with Crippen LogP contribution in [0.3, 0.4) is 0 Å². The molecule has 2 aliphatic heterocycles. The van der Waals surface area contributed by atoms with Gasteiger partial charge in [-0.1, -0.05) is 42.5 Å². The summed E-state index contributed by atoms with van der Waals surface area (Å²) in [6.45, 7) is 21.9. The Morgan fingerprint density at radius 2 is 1.04 bits per heavy atom. The van der Waals surface area contributed by atoms with Crippen molar-refractivity contribution in [1.82, 2.24) is 35.2 Å². The van der Waals surface area contributed by atoms with E-state index in [4.69, 9.17) is 18.9 Å². The van der Waals surface area contributed by atoms with Gasteiger partial charge in [0.05, 0.1) is 12.2 Å². The van der Waals surface area contributed by atoms with Crippen molar-refractivity contribution in [2.75, 3.05) is 32.8 Å². The van der Waals surface area contributed by atoms with Gasteiger partial charge in [0, 0.05) is 38.3 Å². The normalized spacial score (nSPS) is 15.3. The minimum Gasteiger partial charge on any atom is -0.444 e. The Morgan fingerprint density at radius 3 is 1.45 bits per heavy atom. The van der Waals surface area contributed by atoms with Gasteiger partial charge in [-0.25, -0.2) is 23.6 Å². The molecule has 3 N–H and O–H groups in total. The lowest BCUT2D eigenvalue weighted by Crippen LogP contribution is -2.48. The molecule has 2 aliphatic rings. The third-order valence-corrected chi connectivity index (χ3v) is 9.59. The zero-order valence-electron chi connectivity index (χ0n) is 40.6. The number of amides is 4. The first kappa shape index (κ1) is 51.4. The number of benzene rings is 2. The fourth-order valence-electron chi connectivity index (χ4n) is 6.89. The van der Waals surface area contributed by atoms with Gasteiger partial charge in [-0.3, -0.25) is 10.6 Å². The van der Waals surface area contributed by atoms with E-state index in [1.807, 2.05) is 36.4 Å². The van der Waals surface area contributed by atoms with E-state index in [-0.39, 0.29) is 43.0 Å². The van der Waals surface area contributed by atoms with Crippen molar-refractivity contribution in [1.29, 1.82) is 0 Å². The van der Waals surface area contributed by atoms with Crippen LogP contribution in [0.5, 0.6) is 0 Å². The van der Waals surface area contributed by atoms with Crippen molar-refractivity contribution in [2.45, 2.75) is 125 Å². The summed E-state index contributed by atoms with van der Waals surface area (Å²) in [5, 5.41) is 24.0. The molecular weight excluding hydrogens is 866 g/mol. The molecule has 0 saturated carbocycles. The molecule has 0 fully saturated rings. The summed E-state index contributed by atoms with van der Waals surface area (Å²) in [5.74, 6) is 0.145. The van der Waals surface area contributed by atoms with Gasteiger partial charge in [0.25, 0.3) is 0 Å². The van der Waals surface area contributed by atoms with Crippen molar-refractivity contribution < 1.29 is 47.6 Å². The van der Waals surface area contributed by atoms with Crippen LogP contribution in [0.1, 0.15) is 107 Å². The van der Waals surface area contributed by atoms with E-state index >= 15 is 4.39 Å². The number of ether oxygens (including phenoxy) is 4. The number of aliphatic hydroxyl groups excluding tert-OH is 1. The zero-order chi connectivity index (χ0) is 49.5. The molecule has 3 heterocycles. The van der Waals surface area contributed by atoms with E-state index in [9.17, 15) is 24.3 Å². The Hall–Kier alpha value is -6.63. The molecule has 3 aromatic rings. The van der Waals surface area contributed by atoms with E-state index in [0.29, 0.717) is 49.4 Å². The van der Waals surface area contributed by atoms with Crippen LogP contribution in [0.15, 0.2) is 64.6 Å². The van der Waals surface area contributed by atoms with Crippen molar-refractivity contribution >= 4 is 47.4 Å². The number of aromatic nitrogens is 3. The van der Waals surface area contributed by atoms with E-state index in [1.165, 1.54) is 6.07 Å². The van der Waals surface area contributed by atoms with Crippen molar-refractivity contribution in [2.24, 2.45) is 9.98 Å². The average Bonchev–Trinajstić information content (AvgIpc) is 3.61. The largest absolute Gasteiger partial charge is 0.444 e. The Balaban J connectivity index is 1.31. The number of aliphatic hydroxyl groups is 1. The second kappa shape index (κ2) is 20.9. The second-order valence-corrected chi connectivity index (χ2v) is 19.9. The molecule has 19 heteroatoms. The van der Waals surface area contributed by atoms with Crippen LogP contribution in [-0.4, -0.2) is 121 Å². The van der Waals surface area contributed by atoms with Gasteiger partial charge in [-0.2, -0.15) is 0 Å². The first-order valence-corrected chi connectivity index (χ1v) is 22.1. The van der Waals surface area contributed by atoms with Gasteiger partial charge < -0.3 is 38.4 Å². The van der Waals surface area contributed by atoms with Crippen LogP contribution in [0.25, 0.3) is 33.9 Å². The maximum absolute atomic E-state index is 16.1. The van der Waals surface area contributed by atoms with E-state index < -0.39 is 52.6 Å². The van der Waals surface area contributed by atoms with Crippen LogP contribution < -0.4 is 10.6 Å². The summed E-state index contributed by atoms with van der Waals surface area (Å²) < 4.78 is 39.3. The molecule has 0 bridgehead atoms. The van der Waals surface area contributed by atoms with Gasteiger partial charge in [0.15, 0.2) is 11.6 Å². The van der Waals surface area contributed by atoms with E-state index in [2.05, 4.69) is 30.8 Å². The molecule has 0 spiro atoms. The zero-order valence-corrected chi connectivity index (χ0v) is 40.6. The SMILES string of the molecule is CC(C)(C)OC(=O)N=C(NC(=O)OC(C)(C)C)N1CC=C(c2ccc(-c3nnc(-c4ccc(C5=CCN(C(=NC(=O)OC(C)(C)C)NC(=O)OC(C)(C)C)CC5)cc4F)n3CCO)cc2)CC1. The lowest BCUT2D eigenvalue weighted by Gasteiger charge is -2.30. The molecule has 0 aliphatic carbocycles. The molecule has 18 nitrogen and oxygen atoms in total. The molecule has 0 unspecified atom stereocenters. The molecule has 0 atom stereocenters. The van der Waals surface area contributed by atoms with Crippen LogP contribution in [0.2, 0.25) is 0 Å². The predicted molar refractivity (Wildman–Crippen MR) is 252 cm³/mol. The summed E-state index contributed by atoms with van der Waals surface area (Å²) in [7, 11) is 0. The smallest absolute Gasteiger partial charge is 0.437 e. The van der Waals surface area contributed by atoms with E-state index in [0.717, 1.165) is 16.7 Å². The highest BCUT2D eigenvalue weighted by Gasteiger charge is 2.28. The number of carbonyl (C=O) groups excluding carboxylic acids is 4. The lowest BCUT2D eigenvalue weighted by molar-refractivity contribution is 0.0536. The van der Waals surface area contributed by atoms with Gasteiger partial charge in [0.1, 0.15) is 28.2 Å². The third kappa shape index (κ3) is 15.5. The molecule has 67 heavy (non-hydrogen) atoms. The highest BCUT2D eigenvalue weighted by molar-refractivity contribution is 6.00. The van der Waals surface area contributed by atoms with Crippen LogP contribution in [0, 0.1) is 5.82 Å². The Morgan fingerprint density at radius 1 is 0.627 bits per heavy atom.